The molecule has 6 heterocycles. The number of H-pyrrole nitrogens is 2. The van der Waals surface area contributed by atoms with Gasteiger partial charge >= 0.3 is 0 Å². The second-order valence-electron chi connectivity index (χ2n) is 14.2. The molecule has 4 aromatic heterocycles. The molecule has 2 N–H and O–H groups in total. The number of benzene rings is 1. The Labute approximate surface area is 296 Å². The van der Waals surface area contributed by atoms with Crippen molar-refractivity contribution in [3.63, 3.8) is 0 Å². The Balaban J connectivity index is 0.000000150. The zero-order valence-corrected chi connectivity index (χ0v) is 28.5. The Morgan fingerprint density at radius 3 is 1.73 bits per heavy atom. The zero-order chi connectivity index (χ0) is 35.0. The summed E-state index contributed by atoms with van der Waals surface area (Å²) in [5.74, 6) is 0.314. The molecule has 5 aromatic rings. The maximum atomic E-state index is 13.0. The topological polar surface area (TPSA) is 152 Å². The highest BCUT2D eigenvalue weighted by molar-refractivity contribution is 5.91. The molecule has 4 aliphatic rings. The van der Waals surface area contributed by atoms with Gasteiger partial charge in [-0.2, -0.15) is 10.5 Å². The van der Waals surface area contributed by atoms with Crippen molar-refractivity contribution >= 4 is 45.3 Å². The highest BCUT2D eigenvalue weighted by Crippen LogP contribution is 2.47. The number of carbonyl (C=O) groups excluding carboxylic acids is 2. The number of aromatic nitrogens is 4. The third kappa shape index (κ3) is 6.23. The Bertz CT molecular complexity index is 2170. The van der Waals surface area contributed by atoms with Crippen LogP contribution in [0.3, 0.4) is 0 Å². The van der Waals surface area contributed by atoms with Crippen LogP contribution in [0.1, 0.15) is 49.7 Å². The predicted molar refractivity (Wildman–Crippen MR) is 194 cm³/mol. The van der Waals surface area contributed by atoms with Gasteiger partial charge in [-0.05, 0) is 67.6 Å². The van der Waals surface area contributed by atoms with Crippen LogP contribution in [-0.2, 0) is 16.0 Å². The molecule has 51 heavy (non-hydrogen) atoms. The fourth-order valence-electron chi connectivity index (χ4n) is 8.00. The molecular formula is C39H40N10O2. The van der Waals surface area contributed by atoms with E-state index in [0.29, 0.717) is 24.8 Å². The minimum Gasteiger partial charge on any atom is -0.367 e. The van der Waals surface area contributed by atoms with E-state index < -0.39 is 0 Å². The summed E-state index contributed by atoms with van der Waals surface area (Å²) in [6, 6.07) is 19.8. The van der Waals surface area contributed by atoms with E-state index in [4.69, 9.17) is 10.5 Å². The molecule has 2 spiro atoms. The average Bonchev–Trinajstić information content (AvgIpc) is 3.95. The number of anilines is 2. The lowest BCUT2D eigenvalue weighted by Crippen LogP contribution is -2.57. The van der Waals surface area contributed by atoms with E-state index in [2.05, 4.69) is 71.0 Å². The summed E-state index contributed by atoms with van der Waals surface area (Å²) in [6.45, 7) is 4.86. The number of fused-ring (bicyclic) bond motifs is 2. The number of amides is 2. The van der Waals surface area contributed by atoms with Crippen molar-refractivity contribution in [2.45, 2.75) is 56.0 Å². The Morgan fingerprint density at radius 2 is 1.24 bits per heavy atom. The lowest BCUT2D eigenvalue weighted by atomic mass is 10.0. The fourth-order valence-corrected chi connectivity index (χ4v) is 8.00. The zero-order valence-electron chi connectivity index (χ0n) is 28.5. The van der Waals surface area contributed by atoms with Crippen LogP contribution in [-0.4, -0.2) is 91.9 Å². The van der Waals surface area contributed by atoms with Gasteiger partial charge in [0.05, 0.1) is 35.2 Å². The summed E-state index contributed by atoms with van der Waals surface area (Å²) < 4.78 is 0. The van der Waals surface area contributed by atoms with Crippen molar-refractivity contribution in [1.29, 1.82) is 10.5 Å². The number of piperazine rings is 2. The van der Waals surface area contributed by atoms with E-state index >= 15 is 0 Å². The van der Waals surface area contributed by atoms with Gasteiger partial charge in [-0.1, -0.05) is 12.1 Å². The highest BCUT2D eigenvalue weighted by atomic mass is 16.2. The van der Waals surface area contributed by atoms with E-state index in [1.165, 1.54) is 11.4 Å². The Morgan fingerprint density at radius 1 is 0.706 bits per heavy atom. The second kappa shape index (κ2) is 13.1. The monoisotopic (exact) mass is 680 g/mol. The van der Waals surface area contributed by atoms with Gasteiger partial charge in [-0.25, -0.2) is 9.97 Å². The standard InChI is InChI=1S/C22H21N5O.C17H19N5O/c23-14-17-3-1-16(2-4-17)13-20(28)27-12-11-26(15-22(27)7-8-22)19-6-10-25-21-18(19)5-9-24-21;18-7-1-2-15(23)22-11-10-21(12-17(22)5-6-17)14-4-9-20-16-13(14)3-8-19-16/h1-6,9-10H,7-8,11-13,15H2,(H,24,25);3-4,8-9H,1-2,5-6,10-12H2,(H,19,20). The summed E-state index contributed by atoms with van der Waals surface area (Å²) in [5, 5.41) is 19.9. The highest BCUT2D eigenvalue weighted by Gasteiger charge is 2.54. The molecule has 0 unspecified atom stereocenters. The van der Waals surface area contributed by atoms with Crippen molar-refractivity contribution < 1.29 is 9.59 Å². The first-order valence-electron chi connectivity index (χ1n) is 17.7. The number of nitrogens with one attached hydrogen (secondary N) is 2. The van der Waals surface area contributed by atoms with Gasteiger partial charge in [-0.15, -0.1) is 0 Å². The van der Waals surface area contributed by atoms with Gasteiger partial charge in [0.25, 0.3) is 0 Å². The summed E-state index contributed by atoms with van der Waals surface area (Å²) in [7, 11) is 0. The average molecular weight is 681 g/mol. The van der Waals surface area contributed by atoms with Crippen molar-refractivity contribution in [2.24, 2.45) is 0 Å². The first-order chi connectivity index (χ1) is 24.9. The molecule has 9 rings (SSSR count). The molecule has 12 heteroatoms. The molecule has 2 amide bonds. The van der Waals surface area contributed by atoms with Gasteiger partial charge in [0.15, 0.2) is 0 Å². The molecule has 0 atom stereocenters. The summed E-state index contributed by atoms with van der Waals surface area (Å²) in [4.78, 5) is 49.3. The maximum absolute atomic E-state index is 13.0. The quantitative estimate of drug-likeness (QED) is 0.257. The van der Waals surface area contributed by atoms with E-state index in [1.807, 2.05) is 41.8 Å². The Kier molecular flexibility index (Phi) is 8.31. The van der Waals surface area contributed by atoms with Crippen molar-refractivity contribution in [2.75, 3.05) is 49.1 Å². The third-order valence-electron chi connectivity index (χ3n) is 11.0. The van der Waals surface area contributed by atoms with Crippen LogP contribution < -0.4 is 9.80 Å². The van der Waals surface area contributed by atoms with E-state index in [1.54, 1.807) is 12.1 Å². The molecule has 4 fully saturated rings. The SMILES string of the molecule is N#CCCC(=O)N1CCN(c2ccnc3[nH]ccc23)CC12CC2.N#Cc1ccc(CC(=O)N2CCN(c3ccnc4[nH]ccc34)CC23CC3)cc1. The molecule has 2 saturated carbocycles. The van der Waals surface area contributed by atoms with E-state index in [9.17, 15) is 9.59 Å². The second-order valence-corrected chi connectivity index (χ2v) is 14.2. The summed E-state index contributed by atoms with van der Waals surface area (Å²) in [5.41, 5.74) is 5.72. The molecule has 2 saturated heterocycles. The lowest BCUT2D eigenvalue weighted by Gasteiger charge is -2.43. The number of aromatic amines is 2. The fraction of sp³-hybridized carbons (Fsp3) is 0.385. The molecule has 1 aromatic carbocycles. The van der Waals surface area contributed by atoms with Crippen LogP contribution in [0.2, 0.25) is 0 Å². The third-order valence-corrected chi connectivity index (χ3v) is 11.0. The Hall–Kier alpha value is -5.88. The van der Waals surface area contributed by atoms with Crippen LogP contribution in [0, 0.1) is 22.7 Å². The minimum absolute atomic E-state index is 0.0172. The first-order valence-corrected chi connectivity index (χ1v) is 17.7. The minimum atomic E-state index is -0.0339. The molecule has 2 aliphatic heterocycles. The number of pyridine rings is 2. The number of hydrogen-bond donors (Lipinski definition) is 2. The van der Waals surface area contributed by atoms with Crippen LogP contribution in [0.25, 0.3) is 22.1 Å². The number of rotatable bonds is 6. The van der Waals surface area contributed by atoms with E-state index in [0.717, 1.165) is 92.6 Å². The molecule has 0 radical (unpaired) electrons. The first kappa shape index (κ1) is 32.3. The lowest BCUT2D eigenvalue weighted by molar-refractivity contribution is -0.135. The maximum Gasteiger partial charge on any atom is 0.227 e. The number of hydrogen-bond acceptors (Lipinski definition) is 8. The molecule has 12 nitrogen and oxygen atoms in total. The largest absolute Gasteiger partial charge is 0.367 e. The van der Waals surface area contributed by atoms with Crippen molar-refractivity contribution in [1.82, 2.24) is 29.7 Å². The van der Waals surface area contributed by atoms with Gasteiger partial charge < -0.3 is 29.6 Å². The van der Waals surface area contributed by atoms with Crippen LogP contribution in [0.4, 0.5) is 11.4 Å². The summed E-state index contributed by atoms with van der Waals surface area (Å²) in [6.07, 6.45) is 12.8. The number of nitrogens with zero attached hydrogens (tertiary/aromatic N) is 8. The predicted octanol–water partition coefficient (Wildman–Crippen LogP) is 4.91. The van der Waals surface area contributed by atoms with Crippen LogP contribution in [0.5, 0.6) is 0 Å². The number of carbonyl (C=O) groups is 2. The number of nitriles is 2. The molecule has 0 bridgehead atoms. The molecular weight excluding hydrogens is 640 g/mol. The molecule has 258 valence electrons. The smallest absolute Gasteiger partial charge is 0.227 e. The van der Waals surface area contributed by atoms with Crippen LogP contribution >= 0.6 is 0 Å². The van der Waals surface area contributed by atoms with E-state index in [-0.39, 0.29) is 22.9 Å². The van der Waals surface area contributed by atoms with Gasteiger partial charge in [0, 0.05) is 99.0 Å². The van der Waals surface area contributed by atoms with Gasteiger partial charge in [-0.3, -0.25) is 9.59 Å². The molecule has 2 aliphatic carbocycles. The van der Waals surface area contributed by atoms with Crippen molar-refractivity contribution in [3.05, 3.63) is 84.4 Å². The summed E-state index contributed by atoms with van der Waals surface area (Å²) >= 11 is 0. The van der Waals surface area contributed by atoms with Gasteiger partial charge in [0.2, 0.25) is 11.8 Å². The van der Waals surface area contributed by atoms with Crippen LogP contribution in [0.15, 0.2) is 73.3 Å². The van der Waals surface area contributed by atoms with Gasteiger partial charge in [0.1, 0.15) is 11.3 Å². The van der Waals surface area contributed by atoms with Crippen molar-refractivity contribution in [3.8, 4) is 12.1 Å². The normalized spacial score (nSPS) is 18.3.